The third-order valence-electron chi connectivity index (χ3n) is 7.39. The average molecular weight is 467 g/mol. The van der Waals surface area contributed by atoms with Gasteiger partial charge in [-0.15, -0.1) is 0 Å². The van der Waals surface area contributed by atoms with Crippen LogP contribution >= 0.6 is 0 Å². The lowest BCUT2D eigenvalue weighted by molar-refractivity contribution is -0.156. The third-order valence-corrected chi connectivity index (χ3v) is 7.39. The Morgan fingerprint density at radius 2 is 0.788 bits per heavy atom. The minimum atomic E-state index is -0.271. The van der Waals surface area contributed by atoms with Crippen molar-refractivity contribution in [3.63, 3.8) is 0 Å². The van der Waals surface area contributed by atoms with Gasteiger partial charge < -0.3 is 4.74 Å². The summed E-state index contributed by atoms with van der Waals surface area (Å²) in [6, 6.07) is 0. The van der Waals surface area contributed by atoms with E-state index in [2.05, 4.69) is 27.7 Å². The van der Waals surface area contributed by atoms with Gasteiger partial charge in [-0.25, -0.2) is 0 Å². The number of carbonyl (C=O) groups excluding carboxylic acids is 1. The molecule has 0 heterocycles. The lowest BCUT2D eigenvalue weighted by Gasteiger charge is -2.27. The molecule has 2 heteroatoms. The van der Waals surface area contributed by atoms with Crippen molar-refractivity contribution in [1.82, 2.24) is 0 Å². The van der Waals surface area contributed by atoms with Crippen LogP contribution in [0.1, 0.15) is 182 Å². The quantitative estimate of drug-likeness (QED) is 0.0935. The van der Waals surface area contributed by atoms with Gasteiger partial charge in [-0.2, -0.15) is 0 Å². The van der Waals surface area contributed by atoms with Crippen LogP contribution in [0.5, 0.6) is 0 Å². The summed E-state index contributed by atoms with van der Waals surface area (Å²) >= 11 is 0. The molecular formula is C31H62O2. The second-order valence-corrected chi connectivity index (χ2v) is 10.9. The molecule has 0 spiro atoms. The summed E-state index contributed by atoms with van der Waals surface area (Å²) < 4.78 is 5.83. The van der Waals surface area contributed by atoms with E-state index in [4.69, 9.17) is 4.74 Å². The molecule has 0 radical (unpaired) electrons. The highest BCUT2D eigenvalue weighted by molar-refractivity contribution is 5.76. The minimum Gasteiger partial charge on any atom is -0.465 e. The van der Waals surface area contributed by atoms with Crippen molar-refractivity contribution in [2.24, 2.45) is 5.41 Å². The number of ether oxygens (including phenoxy) is 1. The Bertz CT molecular complexity index is 406. The predicted octanol–water partition coefficient (Wildman–Crippen LogP) is 11.0. The highest BCUT2D eigenvalue weighted by atomic mass is 16.5. The largest absolute Gasteiger partial charge is 0.465 e. The van der Waals surface area contributed by atoms with Gasteiger partial charge in [-0.1, -0.05) is 156 Å². The molecule has 0 rings (SSSR count). The van der Waals surface area contributed by atoms with Crippen LogP contribution in [0.4, 0.5) is 0 Å². The Kier molecular flexibility index (Phi) is 24.2. The molecular weight excluding hydrogens is 404 g/mol. The Morgan fingerprint density at radius 3 is 1.15 bits per heavy atom. The SMILES string of the molecule is CCCCCCCCCCOC(=O)C(C)(CCCCCCCC)CCCCCCCCCC. The second-order valence-electron chi connectivity index (χ2n) is 10.9. The van der Waals surface area contributed by atoms with E-state index >= 15 is 0 Å². The number of esters is 1. The monoisotopic (exact) mass is 466 g/mol. The maximum atomic E-state index is 13.1. The van der Waals surface area contributed by atoms with Crippen LogP contribution in [0.3, 0.4) is 0 Å². The van der Waals surface area contributed by atoms with E-state index < -0.39 is 0 Å². The van der Waals surface area contributed by atoms with Gasteiger partial charge in [0.2, 0.25) is 0 Å². The summed E-state index contributed by atoms with van der Waals surface area (Å²) in [6.45, 7) is 9.62. The summed E-state index contributed by atoms with van der Waals surface area (Å²) in [5, 5.41) is 0. The van der Waals surface area contributed by atoms with E-state index in [-0.39, 0.29) is 11.4 Å². The van der Waals surface area contributed by atoms with Gasteiger partial charge in [0.1, 0.15) is 0 Å². The molecule has 0 aromatic heterocycles. The van der Waals surface area contributed by atoms with Crippen molar-refractivity contribution in [3.05, 3.63) is 0 Å². The van der Waals surface area contributed by atoms with Gasteiger partial charge in [0.25, 0.3) is 0 Å². The van der Waals surface area contributed by atoms with Crippen molar-refractivity contribution < 1.29 is 9.53 Å². The molecule has 1 atom stereocenters. The predicted molar refractivity (Wildman–Crippen MR) is 147 cm³/mol. The Labute approximate surface area is 209 Å². The number of hydrogen-bond donors (Lipinski definition) is 0. The third kappa shape index (κ3) is 20.5. The molecule has 198 valence electrons. The molecule has 1 unspecified atom stereocenters. The van der Waals surface area contributed by atoms with Crippen LogP contribution < -0.4 is 0 Å². The van der Waals surface area contributed by atoms with Crippen molar-refractivity contribution >= 4 is 5.97 Å². The fourth-order valence-corrected chi connectivity index (χ4v) is 4.85. The zero-order chi connectivity index (χ0) is 24.5. The number of hydrogen-bond acceptors (Lipinski definition) is 2. The molecule has 0 aliphatic rings. The number of rotatable bonds is 26. The zero-order valence-electron chi connectivity index (χ0n) is 23.5. The first-order chi connectivity index (χ1) is 16.1. The van der Waals surface area contributed by atoms with Crippen LogP contribution in [0, 0.1) is 5.41 Å². The van der Waals surface area contributed by atoms with Gasteiger partial charge in [-0.05, 0) is 26.2 Å². The van der Waals surface area contributed by atoms with Gasteiger partial charge in [-0.3, -0.25) is 4.79 Å². The number of carbonyl (C=O) groups is 1. The summed E-state index contributed by atoms with van der Waals surface area (Å²) in [5.74, 6) is 0.0851. The van der Waals surface area contributed by atoms with Crippen molar-refractivity contribution in [1.29, 1.82) is 0 Å². The van der Waals surface area contributed by atoms with Gasteiger partial charge in [0, 0.05) is 0 Å². The summed E-state index contributed by atoms with van der Waals surface area (Å²) in [6.07, 6.45) is 30.6. The van der Waals surface area contributed by atoms with Crippen molar-refractivity contribution in [2.45, 2.75) is 182 Å². The summed E-state index contributed by atoms with van der Waals surface area (Å²) in [4.78, 5) is 13.1. The molecule has 0 saturated heterocycles. The van der Waals surface area contributed by atoms with Crippen LogP contribution in [0.25, 0.3) is 0 Å². The Hall–Kier alpha value is -0.530. The van der Waals surface area contributed by atoms with E-state index in [1.165, 1.54) is 135 Å². The van der Waals surface area contributed by atoms with Crippen LogP contribution in [0.15, 0.2) is 0 Å². The Morgan fingerprint density at radius 1 is 0.485 bits per heavy atom. The minimum absolute atomic E-state index is 0.0851. The van der Waals surface area contributed by atoms with E-state index in [1.54, 1.807) is 0 Å². The fourth-order valence-electron chi connectivity index (χ4n) is 4.85. The van der Waals surface area contributed by atoms with Crippen LogP contribution in [-0.2, 0) is 9.53 Å². The fraction of sp³-hybridized carbons (Fsp3) is 0.968. The molecule has 33 heavy (non-hydrogen) atoms. The molecule has 0 aliphatic carbocycles. The van der Waals surface area contributed by atoms with Crippen LogP contribution in [0.2, 0.25) is 0 Å². The van der Waals surface area contributed by atoms with Gasteiger partial charge in [0.15, 0.2) is 0 Å². The summed E-state index contributed by atoms with van der Waals surface area (Å²) in [7, 11) is 0. The zero-order valence-corrected chi connectivity index (χ0v) is 23.5. The highest BCUT2D eigenvalue weighted by Crippen LogP contribution is 2.33. The van der Waals surface area contributed by atoms with Gasteiger partial charge in [0.05, 0.1) is 12.0 Å². The molecule has 2 nitrogen and oxygen atoms in total. The topological polar surface area (TPSA) is 26.3 Å². The maximum absolute atomic E-state index is 13.1. The molecule has 0 aliphatic heterocycles. The Balaban J connectivity index is 4.22. The van der Waals surface area contributed by atoms with Gasteiger partial charge >= 0.3 is 5.97 Å². The molecule has 0 N–H and O–H groups in total. The van der Waals surface area contributed by atoms with Crippen molar-refractivity contribution in [2.75, 3.05) is 6.61 Å². The maximum Gasteiger partial charge on any atom is 0.311 e. The smallest absolute Gasteiger partial charge is 0.311 e. The van der Waals surface area contributed by atoms with E-state index in [0.717, 1.165) is 19.3 Å². The molecule has 0 bridgehead atoms. The molecule has 0 fully saturated rings. The first-order valence-corrected chi connectivity index (χ1v) is 15.3. The first kappa shape index (κ1) is 32.5. The molecule has 0 aromatic carbocycles. The molecule has 0 aromatic rings. The lowest BCUT2D eigenvalue weighted by Crippen LogP contribution is -2.30. The van der Waals surface area contributed by atoms with E-state index in [1.807, 2.05) is 0 Å². The van der Waals surface area contributed by atoms with E-state index in [9.17, 15) is 4.79 Å². The molecule has 0 amide bonds. The average Bonchev–Trinajstić information content (AvgIpc) is 2.81. The lowest BCUT2D eigenvalue weighted by atomic mass is 9.79. The number of unbranched alkanes of at least 4 members (excludes halogenated alkanes) is 19. The van der Waals surface area contributed by atoms with Crippen LogP contribution in [-0.4, -0.2) is 12.6 Å². The van der Waals surface area contributed by atoms with E-state index in [0.29, 0.717) is 6.61 Å². The summed E-state index contributed by atoms with van der Waals surface area (Å²) in [5.41, 5.74) is -0.271. The highest BCUT2D eigenvalue weighted by Gasteiger charge is 2.33. The second kappa shape index (κ2) is 24.6. The molecule has 0 saturated carbocycles. The standard InChI is InChI=1S/C31H62O2/c1-5-8-11-14-17-19-22-25-28-31(4,27-24-21-16-13-10-7-3)30(32)33-29-26-23-20-18-15-12-9-6-2/h5-29H2,1-4H3. The van der Waals surface area contributed by atoms with Crippen molar-refractivity contribution in [3.8, 4) is 0 Å². The first-order valence-electron chi connectivity index (χ1n) is 15.3. The normalized spacial score (nSPS) is 13.2.